The van der Waals surface area contributed by atoms with E-state index in [0.29, 0.717) is 6.61 Å². The summed E-state index contributed by atoms with van der Waals surface area (Å²) in [6.45, 7) is 0.571. The number of nitrogens with one attached hydrogen (secondary N) is 1. The molecule has 2 aromatic carbocycles. The Balaban J connectivity index is 1.64. The quantitative estimate of drug-likeness (QED) is 0.848. The topological polar surface area (TPSA) is 75.6 Å². The van der Waals surface area contributed by atoms with Gasteiger partial charge in [-0.25, -0.2) is 4.79 Å². The number of amides is 1. The highest BCUT2D eigenvalue weighted by molar-refractivity contribution is 5.84. The number of aliphatic carboxylic acids is 1. The first kappa shape index (κ1) is 17.2. The van der Waals surface area contributed by atoms with Gasteiger partial charge in [-0.3, -0.25) is 4.79 Å². The zero-order chi connectivity index (χ0) is 17.6. The maximum atomic E-state index is 12.4. The SMILES string of the molecule is O=C(CC1OCCc2ccccc21)N[C@H](Cc1ccccc1)C(=O)O. The van der Waals surface area contributed by atoms with Crippen LogP contribution in [-0.4, -0.2) is 29.6 Å². The molecule has 0 spiro atoms. The van der Waals surface area contributed by atoms with E-state index in [4.69, 9.17) is 4.74 Å². The van der Waals surface area contributed by atoms with Crippen molar-refractivity contribution in [3.8, 4) is 0 Å². The third-order valence-electron chi connectivity index (χ3n) is 4.38. The molecule has 1 aliphatic rings. The van der Waals surface area contributed by atoms with Crippen molar-refractivity contribution in [1.82, 2.24) is 5.32 Å². The summed E-state index contributed by atoms with van der Waals surface area (Å²) in [6.07, 6.45) is 0.885. The lowest BCUT2D eigenvalue weighted by Crippen LogP contribution is -2.43. The molecule has 3 rings (SSSR count). The molecule has 0 fully saturated rings. The van der Waals surface area contributed by atoms with Crippen molar-refractivity contribution in [3.05, 3.63) is 71.3 Å². The van der Waals surface area contributed by atoms with Crippen molar-refractivity contribution in [1.29, 1.82) is 0 Å². The van der Waals surface area contributed by atoms with Crippen molar-refractivity contribution in [2.24, 2.45) is 0 Å². The average molecular weight is 339 g/mol. The highest BCUT2D eigenvalue weighted by Crippen LogP contribution is 2.29. The van der Waals surface area contributed by atoms with E-state index in [0.717, 1.165) is 17.5 Å². The highest BCUT2D eigenvalue weighted by Gasteiger charge is 2.26. The Hall–Kier alpha value is -2.66. The van der Waals surface area contributed by atoms with Crippen LogP contribution in [-0.2, 0) is 27.2 Å². The maximum absolute atomic E-state index is 12.4. The molecule has 5 heteroatoms. The fourth-order valence-corrected chi connectivity index (χ4v) is 3.12. The molecule has 1 unspecified atom stereocenters. The molecule has 5 nitrogen and oxygen atoms in total. The Morgan fingerprint density at radius 3 is 2.60 bits per heavy atom. The average Bonchev–Trinajstić information content (AvgIpc) is 2.62. The molecule has 25 heavy (non-hydrogen) atoms. The first-order chi connectivity index (χ1) is 12.1. The number of carbonyl (C=O) groups excluding carboxylic acids is 1. The van der Waals surface area contributed by atoms with E-state index in [1.807, 2.05) is 54.6 Å². The van der Waals surface area contributed by atoms with E-state index in [2.05, 4.69) is 5.32 Å². The van der Waals surface area contributed by atoms with Crippen molar-refractivity contribution in [3.63, 3.8) is 0 Å². The Labute approximate surface area is 146 Å². The zero-order valence-electron chi connectivity index (χ0n) is 13.9. The lowest BCUT2D eigenvalue weighted by Gasteiger charge is -2.26. The summed E-state index contributed by atoms with van der Waals surface area (Å²) in [7, 11) is 0. The van der Waals surface area contributed by atoms with Gasteiger partial charge in [0.15, 0.2) is 0 Å². The molecule has 1 amide bonds. The number of carboxylic acid groups (broad SMARTS) is 1. The smallest absolute Gasteiger partial charge is 0.326 e. The Morgan fingerprint density at radius 2 is 1.84 bits per heavy atom. The van der Waals surface area contributed by atoms with Crippen LogP contribution in [0.4, 0.5) is 0 Å². The minimum atomic E-state index is -1.04. The van der Waals surface area contributed by atoms with E-state index in [9.17, 15) is 14.7 Å². The number of ether oxygens (including phenoxy) is 1. The third-order valence-corrected chi connectivity index (χ3v) is 4.38. The molecule has 0 radical (unpaired) electrons. The molecule has 2 atom stereocenters. The van der Waals surface area contributed by atoms with E-state index in [1.54, 1.807) is 0 Å². The van der Waals surface area contributed by atoms with Gasteiger partial charge in [0, 0.05) is 6.42 Å². The summed E-state index contributed by atoms with van der Waals surface area (Å²) < 4.78 is 5.73. The second kappa shape index (κ2) is 7.94. The molecule has 0 bridgehead atoms. The minimum Gasteiger partial charge on any atom is -0.480 e. The van der Waals surface area contributed by atoms with Crippen molar-refractivity contribution >= 4 is 11.9 Å². The molecular formula is C20H21NO4. The summed E-state index contributed by atoms with van der Waals surface area (Å²) in [4.78, 5) is 23.9. The number of fused-ring (bicyclic) bond motifs is 1. The van der Waals surface area contributed by atoms with E-state index in [1.165, 1.54) is 5.56 Å². The van der Waals surface area contributed by atoms with Crippen molar-refractivity contribution in [2.45, 2.75) is 31.4 Å². The van der Waals surface area contributed by atoms with Crippen LogP contribution in [0.3, 0.4) is 0 Å². The molecule has 0 aromatic heterocycles. The van der Waals surface area contributed by atoms with Gasteiger partial charge in [-0.2, -0.15) is 0 Å². The maximum Gasteiger partial charge on any atom is 0.326 e. The third kappa shape index (κ3) is 4.45. The zero-order valence-corrected chi connectivity index (χ0v) is 13.9. The van der Waals surface area contributed by atoms with Gasteiger partial charge in [0.05, 0.1) is 19.1 Å². The Kier molecular flexibility index (Phi) is 5.46. The summed E-state index contributed by atoms with van der Waals surface area (Å²) in [6, 6.07) is 16.2. The normalized spacial score (nSPS) is 17.4. The predicted molar refractivity (Wildman–Crippen MR) is 93.2 cm³/mol. The first-order valence-electron chi connectivity index (χ1n) is 8.39. The van der Waals surface area contributed by atoms with E-state index >= 15 is 0 Å². The monoisotopic (exact) mass is 339 g/mol. The summed E-state index contributed by atoms with van der Waals surface area (Å²) in [5.74, 6) is -1.35. The molecule has 1 heterocycles. The van der Waals surface area contributed by atoms with E-state index < -0.39 is 12.0 Å². The standard InChI is InChI=1S/C20H21NO4/c22-19(13-18-16-9-5-4-8-15(16)10-11-25-18)21-17(20(23)24)12-14-6-2-1-3-7-14/h1-9,17-18H,10-13H2,(H,21,22)(H,23,24)/t17-,18?/m1/s1. The number of hydrogen-bond donors (Lipinski definition) is 2. The largest absolute Gasteiger partial charge is 0.480 e. The number of hydrogen-bond acceptors (Lipinski definition) is 3. The van der Waals surface area contributed by atoms with Crippen molar-refractivity contribution < 1.29 is 19.4 Å². The van der Waals surface area contributed by atoms with Crippen molar-refractivity contribution in [2.75, 3.05) is 6.61 Å². The summed E-state index contributed by atoms with van der Waals surface area (Å²) >= 11 is 0. The highest BCUT2D eigenvalue weighted by atomic mass is 16.5. The summed E-state index contributed by atoms with van der Waals surface area (Å²) in [5.41, 5.74) is 3.07. The van der Waals surface area contributed by atoms with Crippen LogP contribution in [0, 0.1) is 0 Å². The minimum absolute atomic E-state index is 0.121. The molecule has 2 N–H and O–H groups in total. The number of rotatable bonds is 6. The van der Waals surface area contributed by atoms with Gasteiger partial charge in [0.1, 0.15) is 6.04 Å². The number of benzene rings is 2. The van der Waals surface area contributed by atoms with Crippen LogP contribution >= 0.6 is 0 Å². The van der Waals surface area contributed by atoms with E-state index in [-0.39, 0.29) is 24.9 Å². The second-order valence-corrected chi connectivity index (χ2v) is 6.16. The van der Waals surface area contributed by atoms with Gasteiger partial charge >= 0.3 is 5.97 Å². The molecule has 2 aromatic rings. The molecular weight excluding hydrogens is 318 g/mol. The van der Waals surface area contributed by atoms with Gasteiger partial charge in [-0.05, 0) is 23.1 Å². The van der Waals surface area contributed by atoms with Gasteiger partial charge < -0.3 is 15.2 Å². The van der Waals surface area contributed by atoms with Crippen LogP contribution in [0.1, 0.15) is 29.2 Å². The van der Waals surface area contributed by atoms with Gasteiger partial charge in [0.25, 0.3) is 0 Å². The summed E-state index contributed by atoms with van der Waals surface area (Å²) in [5, 5.41) is 12.0. The van der Waals surface area contributed by atoms with Gasteiger partial charge in [-0.1, -0.05) is 54.6 Å². The van der Waals surface area contributed by atoms with Crippen LogP contribution < -0.4 is 5.32 Å². The van der Waals surface area contributed by atoms with Crippen LogP contribution in [0.15, 0.2) is 54.6 Å². The van der Waals surface area contributed by atoms with Crippen LogP contribution in [0.5, 0.6) is 0 Å². The molecule has 1 aliphatic heterocycles. The van der Waals surface area contributed by atoms with Crippen LogP contribution in [0.2, 0.25) is 0 Å². The number of carboxylic acids is 1. The lowest BCUT2D eigenvalue weighted by atomic mass is 9.95. The first-order valence-corrected chi connectivity index (χ1v) is 8.39. The number of carbonyl (C=O) groups is 2. The molecule has 130 valence electrons. The Morgan fingerprint density at radius 1 is 1.12 bits per heavy atom. The molecule has 0 saturated heterocycles. The Bertz CT molecular complexity index is 744. The second-order valence-electron chi connectivity index (χ2n) is 6.16. The predicted octanol–water partition coefficient (Wildman–Crippen LogP) is 2.50. The molecule has 0 aliphatic carbocycles. The van der Waals surface area contributed by atoms with Crippen LogP contribution in [0.25, 0.3) is 0 Å². The van der Waals surface area contributed by atoms with Gasteiger partial charge in [-0.15, -0.1) is 0 Å². The fraction of sp³-hybridized carbons (Fsp3) is 0.300. The van der Waals surface area contributed by atoms with Gasteiger partial charge in [0.2, 0.25) is 5.91 Å². The fourth-order valence-electron chi connectivity index (χ4n) is 3.12. The molecule has 0 saturated carbocycles. The lowest BCUT2D eigenvalue weighted by molar-refractivity contribution is -0.142.